The number of rotatable bonds is 2. The van der Waals surface area contributed by atoms with Crippen molar-refractivity contribution in [3.8, 4) is 12.1 Å². The number of benzene rings is 1. The van der Waals surface area contributed by atoms with Crippen LogP contribution in [0.2, 0.25) is 5.02 Å². The van der Waals surface area contributed by atoms with Gasteiger partial charge in [0.25, 0.3) is 0 Å². The molecule has 1 amide bonds. The molecular weight excluding hydrogens is 362 g/mol. The molecule has 2 aromatic rings. The zero-order chi connectivity index (χ0) is 19.4. The summed E-state index contributed by atoms with van der Waals surface area (Å²) in [6.45, 7) is 4.07. The van der Waals surface area contributed by atoms with E-state index in [9.17, 15) is 15.3 Å². The van der Waals surface area contributed by atoms with Crippen molar-refractivity contribution in [2.45, 2.75) is 38.0 Å². The Hall–Kier alpha value is -2.96. The van der Waals surface area contributed by atoms with Gasteiger partial charge in [0.15, 0.2) is 11.4 Å². The van der Waals surface area contributed by atoms with Gasteiger partial charge in [-0.25, -0.2) is 9.97 Å². The zero-order valence-corrected chi connectivity index (χ0v) is 15.6. The van der Waals surface area contributed by atoms with Crippen LogP contribution in [0.5, 0.6) is 0 Å². The predicted octanol–water partition coefficient (Wildman–Crippen LogP) is 3.67. The van der Waals surface area contributed by atoms with Crippen molar-refractivity contribution in [3.05, 3.63) is 52.1 Å². The quantitative estimate of drug-likeness (QED) is 0.860. The number of halogens is 1. The third-order valence-corrected chi connectivity index (χ3v) is 6.39. The zero-order valence-electron chi connectivity index (χ0n) is 14.9. The Morgan fingerprint density at radius 3 is 2.44 bits per heavy atom. The topological polar surface area (TPSA) is 102 Å². The van der Waals surface area contributed by atoms with Crippen molar-refractivity contribution in [2.24, 2.45) is 5.41 Å². The molecule has 2 atom stereocenters. The first-order valence-electron chi connectivity index (χ1n) is 8.65. The molecule has 27 heavy (non-hydrogen) atoms. The maximum absolute atomic E-state index is 13.5. The molecule has 0 spiro atoms. The minimum atomic E-state index is -0.890. The number of anilines is 1. The highest BCUT2D eigenvalue weighted by atomic mass is 35.5. The van der Waals surface area contributed by atoms with Crippen LogP contribution in [0.4, 0.5) is 5.69 Å². The third-order valence-electron chi connectivity index (χ3n) is 6.14. The molecular formula is C20H16ClN5O. The van der Waals surface area contributed by atoms with Gasteiger partial charge >= 0.3 is 0 Å². The molecule has 1 heterocycles. The lowest BCUT2D eigenvalue weighted by Gasteiger charge is -2.36. The number of nitrogens with one attached hydrogen (secondary N) is 1. The van der Waals surface area contributed by atoms with Gasteiger partial charge in [0.05, 0.1) is 16.8 Å². The highest BCUT2D eigenvalue weighted by Crippen LogP contribution is 2.67. The summed E-state index contributed by atoms with van der Waals surface area (Å²) in [7, 11) is 0. The molecule has 1 aromatic heterocycles. The van der Waals surface area contributed by atoms with Crippen LogP contribution in [0.15, 0.2) is 24.3 Å². The molecule has 0 aliphatic heterocycles. The van der Waals surface area contributed by atoms with Gasteiger partial charge in [-0.1, -0.05) is 25.4 Å². The second kappa shape index (κ2) is 5.77. The smallest absolute Gasteiger partial charge is 0.237 e. The van der Waals surface area contributed by atoms with Gasteiger partial charge in [0.1, 0.15) is 12.1 Å². The fourth-order valence-electron chi connectivity index (χ4n) is 4.69. The lowest BCUT2D eigenvalue weighted by molar-refractivity contribution is -0.124. The van der Waals surface area contributed by atoms with Crippen molar-refractivity contribution in [1.29, 1.82) is 10.5 Å². The normalized spacial score (nSPS) is 24.0. The Balaban J connectivity index is 1.84. The molecule has 1 aromatic carbocycles. The average Bonchev–Trinajstić information content (AvgIpc) is 3.04. The number of amides is 1. The molecule has 6 nitrogen and oxygen atoms in total. The van der Waals surface area contributed by atoms with Crippen molar-refractivity contribution in [2.75, 3.05) is 5.32 Å². The molecule has 0 saturated heterocycles. The van der Waals surface area contributed by atoms with Gasteiger partial charge in [-0.2, -0.15) is 10.5 Å². The van der Waals surface area contributed by atoms with Gasteiger partial charge < -0.3 is 5.32 Å². The maximum atomic E-state index is 13.5. The van der Waals surface area contributed by atoms with Gasteiger partial charge in [-0.3, -0.25) is 4.79 Å². The van der Waals surface area contributed by atoms with Crippen LogP contribution in [0.3, 0.4) is 0 Å². The summed E-state index contributed by atoms with van der Waals surface area (Å²) in [5.41, 5.74) is 0.532. The van der Waals surface area contributed by atoms with Crippen LogP contribution in [-0.4, -0.2) is 15.9 Å². The van der Waals surface area contributed by atoms with E-state index in [0.717, 1.165) is 6.42 Å². The number of hydrogen-bond donors (Lipinski definition) is 1. The van der Waals surface area contributed by atoms with E-state index in [1.807, 2.05) is 26.0 Å². The van der Waals surface area contributed by atoms with Crippen LogP contribution < -0.4 is 5.32 Å². The largest absolute Gasteiger partial charge is 0.325 e. The molecule has 1 N–H and O–H groups in total. The Morgan fingerprint density at radius 2 is 1.81 bits per heavy atom. The number of carbonyl (C=O) groups excluding carboxylic acids is 1. The summed E-state index contributed by atoms with van der Waals surface area (Å²) in [5, 5.41) is 22.2. The Kier molecular flexibility index (Phi) is 3.73. The number of nitriles is 2. The Bertz CT molecular complexity index is 1050. The van der Waals surface area contributed by atoms with Crippen molar-refractivity contribution >= 4 is 23.2 Å². The molecule has 1 saturated carbocycles. The summed E-state index contributed by atoms with van der Waals surface area (Å²) in [6, 6.07) is 10.8. The number of aromatic nitrogens is 2. The summed E-state index contributed by atoms with van der Waals surface area (Å²) in [5.74, 6) is -0.144. The van der Waals surface area contributed by atoms with E-state index in [1.165, 1.54) is 0 Å². The van der Waals surface area contributed by atoms with Gasteiger partial charge in [0, 0.05) is 16.6 Å². The monoisotopic (exact) mass is 377 g/mol. The minimum absolute atomic E-state index is 0.0212. The molecule has 7 heteroatoms. The van der Waals surface area contributed by atoms with Crippen molar-refractivity contribution < 1.29 is 4.79 Å². The van der Waals surface area contributed by atoms with E-state index >= 15 is 0 Å². The molecule has 2 bridgehead atoms. The van der Waals surface area contributed by atoms with Crippen LogP contribution in [0.1, 0.15) is 55.4 Å². The molecule has 2 aliphatic rings. The fourth-order valence-corrected chi connectivity index (χ4v) is 4.82. The van der Waals surface area contributed by atoms with E-state index in [4.69, 9.17) is 11.6 Å². The average molecular weight is 378 g/mol. The summed E-state index contributed by atoms with van der Waals surface area (Å²) in [4.78, 5) is 22.3. The first-order chi connectivity index (χ1) is 12.8. The molecule has 2 aliphatic carbocycles. The first-order valence-corrected chi connectivity index (χ1v) is 9.02. The number of nitrogens with zero attached hydrogens (tertiary/aromatic N) is 4. The molecule has 4 rings (SSSR count). The lowest BCUT2D eigenvalue weighted by atomic mass is 9.67. The standard InChI is InChI=1S/C20H16ClN5O/c1-19(2)13-7-8-20(19,18(27)24-12-5-3-11(21)4-6-12)17-16(13)25-14(9-22)15(10-23)26-17/h3-6,13H,7-8H2,1-2H3,(H,24,27). The SMILES string of the molecule is CC1(C)C2CCC1(C(=O)Nc1ccc(Cl)cc1)c1nc(C#N)c(C#N)nc12. The molecule has 0 radical (unpaired) electrons. The summed E-state index contributed by atoms with van der Waals surface area (Å²) >= 11 is 5.92. The Labute approximate surface area is 161 Å². The maximum Gasteiger partial charge on any atom is 0.237 e. The molecule has 2 unspecified atom stereocenters. The van der Waals surface area contributed by atoms with Gasteiger partial charge in [-0.15, -0.1) is 0 Å². The van der Waals surface area contributed by atoms with Crippen LogP contribution >= 0.6 is 11.6 Å². The first kappa shape index (κ1) is 17.5. The van der Waals surface area contributed by atoms with Crippen LogP contribution in [0.25, 0.3) is 0 Å². The van der Waals surface area contributed by atoms with E-state index in [2.05, 4.69) is 15.3 Å². The van der Waals surface area contributed by atoms with Crippen molar-refractivity contribution in [3.63, 3.8) is 0 Å². The van der Waals surface area contributed by atoms with E-state index in [-0.39, 0.29) is 23.2 Å². The van der Waals surface area contributed by atoms with Gasteiger partial charge in [0.2, 0.25) is 5.91 Å². The van der Waals surface area contributed by atoms with Gasteiger partial charge in [-0.05, 0) is 42.5 Å². The minimum Gasteiger partial charge on any atom is -0.325 e. The highest BCUT2D eigenvalue weighted by molar-refractivity contribution is 6.30. The Morgan fingerprint density at radius 1 is 1.19 bits per heavy atom. The third kappa shape index (κ3) is 2.20. The van der Waals surface area contributed by atoms with Crippen LogP contribution in [0, 0.1) is 28.1 Å². The van der Waals surface area contributed by atoms with Crippen LogP contribution in [-0.2, 0) is 10.2 Å². The lowest BCUT2D eigenvalue weighted by Crippen LogP contribution is -2.46. The molecule has 1 fully saturated rings. The number of carbonyl (C=O) groups is 1. The predicted molar refractivity (Wildman–Crippen MR) is 99.0 cm³/mol. The van der Waals surface area contributed by atoms with Crippen molar-refractivity contribution in [1.82, 2.24) is 9.97 Å². The van der Waals surface area contributed by atoms with E-state index in [1.54, 1.807) is 24.3 Å². The highest BCUT2D eigenvalue weighted by Gasteiger charge is 2.68. The second-order valence-corrected chi connectivity index (χ2v) is 7.99. The number of fused-ring (bicyclic) bond motifs is 5. The summed E-state index contributed by atoms with van der Waals surface area (Å²) in [6.07, 6.45) is 1.42. The van der Waals surface area contributed by atoms with E-state index in [0.29, 0.717) is 28.5 Å². The molecule has 134 valence electrons. The summed E-state index contributed by atoms with van der Waals surface area (Å²) < 4.78 is 0. The number of hydrogen-bond acceptors (Lipinski definition) is 5. The van der Waals surface area contributed by atoms with E-state index < -0.39 is 10.8 Å². The second-order valence-electron chi connectivity index (χ2n) is 7.56. The fraction of sp³-hybridized carbons (Fsp3) is 0.350.